The van der Waals surface area contributed by atoms with Gasteiger partial charge in [-0.05, 0) is 0 Å². The van der Waals surface area contributed by atoms with Crippen LogP contribution in [0, 0.1) is 0 Å². The van der Waals surface area contributed by atoms with Crippen LogP contribution < -0.4 is 3.25 Å². The van der Waals surface area contributed by atoms with Crippen molar-refractivity contribution in [2.24, 2.45) is 0 Å². The molecule has 4 heteroatoms. The first kappa shape index (κ1) is 4.23. The summed E-state index contributed by atoms with van der Waals surface area (Å²) in [6.07, 6.45) is 1.81. The molecule has 1 N–H and O–H groups in total. The zero-order chi connectivity index (χ0) is 4.41. The average molecular weight is 276 g/mol. The van der Waals surface area contributed by atoms with E-state index < -0.39 is 0 Å². The molecule has 3 nitrogen and oxygen atoms in total. The monoisotopic (exact) mass is 277 g/mol. The van der Waals surface area contributed by atoms with E-state index in [0.717, 1.165) is 29.0 Å². The van der Waals surface area contributed by atoms with Crippen LogP contribution in [-0.2, 0) is 0 Å². The van der Waals surface area contributed by atoms with Gasteiger partial charge < -0.3 is 0 Å². The van der Waals surface area contributed by atoms with Gasteiger partial charge in [0.25, 0.3) is 0 Å². The van der Waals surface area contributed by atoms with Crippen LogP contribution in [0.25, 0.3) is 0 Å². The molecule has 0 saturated heterocycles. The molecule has 0 aliphatic carbocycles. The Labute approximate surface area is 50.8 Å². The molecule has 0 aromatic carbocycles. The van der Waals surface area contributed by atoms with Gasteiger partial charge >= 0.3 is 50.6 Å². The molecule has 1 aromatic rings. The molecule has 0 saturated carbocycles. The van der Waals surface area contributed by atoms with Crippen LogP contribution in [0.5, 0.6) is 0 Å². The van der Waals surface area contributed by atoms with Gasteiger partial charge in [0.1, 0.15) is 0 Å². The van der Waals surface area contributed by atoms with Crippen LogP contribution in [0.2, 0.25) is 0 Å². The number of H-pyrrole nitrogens is 1. The summed E-state index contributed by atoms with van der Waals surface area (Å²) in [5.41, 5.74) is 0. The standard InChI is InChI=1S/C2H2N3.Pb.H/c1-2-4-5-3-1;;/h1H,(H,3,4,5);;. The Morgan fingerprint density at radius 3 is 2.83 bits per heavy atom. The van der Waals surface area contributed by atoms with Crippen molar-refractivity contribution in [3.05, 3.63) is 6.20 Å². The third kappa shape index (κ3) is 0.764. The zero-order valence-electron chi connectivity index (χ0n) is 3.05. The Kier molecular flexibility index (Phi) is 1.18. The molecule has 0 aliphatic heterocycles. The first-order valence-corrected chi connectivity index (χ1v) is 3.76. The second-order valence-corrected chi connectivity index (χ2v) is 3.20. The van der Waals surface area contributed by atoms with E-state index in [4.69, 9.17) is 0 Å². The van der Waals surface area contributed by atoms with Crippen LogP contribution >= 0.6 is 0 Å². The van der Waals surface area contributed by atoms with Crippen LogP contribution in [-0.4, -0.2) is 41.2 Å². The van der Waals surface area contributed by atoms with Crippen molar-refractivity contribution in [3.8, 4) is 0 Å². The van der Waals surface area contributed by atoms with E-state index in [1.165, 1.54) is 0 Å². The van der Waals surface area contributed by atoms with E-state index in [1.807, 2.05) is 6.20 Å². The predicted octanol–water partition coefficient (Wildman–Crippen LogP) is -1.67. The van der Waals surface area contributed by atoms with Crippen LogP contribution in [0.1, 0.15) is 0 Å². The molecule has 1 rings (SSSR count). The number of aromatic nitrogens is 3. The Bertz CT molecular complexity index is 112. The van der Waals surface area contributed by atoms with Crippen LogP contribution in [0.15, 0.2) is 6.20 Å². The Morgan fingerprint density at radius 1 is 1.83 bits per heavy atom. The number of nitrogens with zero attached hydrogens (tertiary/aromatic N) is 2. The molecule has 1 heterocycles. The summed E-state index contributed by atoms with van der Waals surface area (Å²) >= 11 is 0.814. The first-order chi connectivity index (χ1) is 2.89. The minimum absolute atomic E-state index is 0.814. The van der Waals surface area contributed by atoms with Crippen molar-refractivity contribution in [2.75, 3.05) is 0 Å². The molecular formula is C2H3N3Pb. The van der Waals surface area contributed by atoms with Crippen molar-refractivity contribution in [1.29, 1.82) is 0 Å². The van der Waals surface area contributed by atoms with E-state index in [0.29, 0.717) is 0 Å². The number of rotatable bonds is 0. The fourth-order valence-corrected chi connectivity index (χ4v) is 0.725. The predicted molar refractivity (Wildman–Crippen MR) is 23.2 cm³/mol. The van der Waals surface area contributed by atoms with Crippen molar-refractivity contribution < 1.29 is 0 Å². The Morgan fingerprint density at radius 2 is 2.67 bits per heavy atom. The second-order valence-electron chi connectivity index (χ2n) is 0.898. The number of hydrogen-bond donors (Lipinski definition) is 1. The van der Waals surface area contributed by atoms with Gasteiger partial charge in [-0.25, -0.2) is 0 Å². The van der Waals surface area contributed by atoms with Gasteiger partial charge in [-0.3, -0.25) is 0 Å². The zero-order valence-corrected chi connectivity index (χ0v) is 7.54. The van der Waals surface area contributed by atoms with E-state index in [-0.39, 0.29) is 0 Å². The molecule has 0 atom stereocenters. The molecule has 0 amide bonds. The molecule has 30 valence electrons. The van der Waals surface area contributed by atoms with Crippen molar-refractivity contribution >= 4 is 29.0 Å². The van der Waals surface area contributed by atoms with E-state index in [1.54, 1.807) is 0 Å². The summed E-state index contributed by atoms with van der Waals surface area (Å²) in [4.78, 5) is 0. The quantitative estimate of drug-likeness (QED) is 0.576. The first-order valence-electron chi connectivity index (χ1n) is 1.51. The van der Waals surface area contributed by atoms with Crippen molar-refractivity contribution in [2.45, 2.75) is 0 Å². The third-order valence-corrected chi connectivity index (χ3v) is 1.53. The summed E-state index contributed by atoms with van der Waals surface area (Å²) in [6.45, 7) is 0. The fraction of sp³-hybridized carbons (Fsp3) is 0. The molecule has 0 bridgehead atoms. The molecule has 0 aliphatic rings. The topological polar surface area (TPSA) is 41.6 Å². The van der Waals surface area contributed by atoms with Crippen LogP contribution in [0.3, 0.4) is 0 Å². The molecule has 0 spiro atoms. The number of nitrogens with one attached hydrogen (secondary N) is 1. The van der Waals surface area contributed by atoms with Gasteiger partial charge in [0.15, 0.2) is 0 Å². The summed E-state index contributed by atoms with van der Waals surface area (Å²) in [5, 5.41) is 9.78. The summed E-state index contributed by atoms with van der Waals surface area (Å²) in [5.74, 6) is 0. The fourth-order valence-electron chi connectivity index (χ4n) is 0.210. The molecule has 0 fully saturated rings. The van der Waals surface area contributed by atoms with E-state index in [9.17, 15) is 0 Å². The number of hydrogen-bond acceptors (Lipinski definition) is 2. The van der Waals surface area contributed by atoms with Crippen molar-refractivity contribution in [3.63, 3.8) is 0 Å². The minimum atomic E-state index is 0.814. The third-order valence-electron chi connectivity index (χ3n) is 0.436. The normalized spacial score (nSPS) is 8.83. The van der Waals surface area contributed by atoms with E-state index >= 15 is 0 Å². The van der Waals surface area contributed by atoms with Gasteiger partial charge in [-0.2, -0.15) is 0 Å². The van der Waals surface area contributed by atoms with Gasteiger partial charge in [-0.1, -0.05) is 0 Å². The summed E-state index contributed by atoms with van der Waals surface area (Å²) in [7, 11) is 0. The number of aromatic amines is 1. The van der Waals surface area contributed by atoms with Crippen molar-refractivity contribution in [1.82, 2.24) is 15.4 Å². The maximum atomic E-state index is 3.69. The van der Waals surface area contributed by atoms with E-state index in [2.05, 4.69) is 15.4 Å². The summed E-state index contributed by atoms with van der Waals surface area (Å²) in [6, 6.07) is 0. The second kappa shape index (κ2) is 1.67. The molecule has 1 aromatic heterocycles. The average Bonchev–Trinajstić information content (AvgIpc) is 1.86. The molecule has 6 heavy (non-hydrogen) atoms. The summed E-state index contributed by atoms with van der Waals surface area (Å²) < 4.78 is 1.09. The van der Waals surface area contributed by atoms with Crippen LogP contribution in [0.4, 0.5) is 0 Å². The molecular weight excluding hydrogens is 273 g/mol. The molecule has 2 radical (unpaired) electrons. The molecule has 0 unspecified atom stereocenters. The Balaban J connectivity index is 3.05. The Hall–Kier alpha value is 0.0621. The van der Waals surface area contributed by atoms with Gasteiger partial charge in [-0.15, -0.1) is 0 Å². The SMILES string of the molecule is [PbH][c]1c[nH]nn1. The van der Waals surface area contributed by atoms with Gasteiger partial charge in [0, 0.05) is 0 Å². The van der Waals surface area contributed by atoms with Gasteiger partial charge in [0.2, 0.25) is 0 Å². The maximum absolute atomic E-state index is 3.69. The van der Waals surface area contributed by atoms with Gasteiger partial charge in [0.05, 0.1) is 0 Å².